The molecule has 0 spiro atoms. The summed E-state index contributed by atoms with van der Waals surface area (Å²) in [5, 5.41) is 9.94. The Labute approximate surface area is 169 Å². The summed E-state index contributed by atoms with van der Waals surface area (Å²) in [6, 6.07) is 7.31. The van der Waals surface area contributed by atoms with Crippen LogP contribution >= 0.6 is 0 Å². The molecule has 4 rings (SSSR count). The Kier molecular flexibility index (Phi) is 5.46. The third kappa shape index (κ3) is 4.47. The Balaban J connectivity index is 1.41. The molecule has 1 aromatic carbocycles. The molecule has 156 valence electrons. The minimum atomic E-state index is -4.52. The van der Waals surface area contributed by atoms with Crippen molar-refractivity contribution in [3.05, 3.63) is 65.7 Å². The summed E-state index contributed by atoms with van der Waals surface area (Å²) in [6.07, 6.45) is -0.595. The lowest BCUT2D eigenvalue weighted by Gasteiger charge is -2.24. The fourth-order valence-electron chi connectivity index (χ4n) is 2.90. The van der Waals surface area contributed by atoms with Gasteiger partial charge in [0.1, 0.15) is 0 Å². The van der Waals surface area contributed by atoms with Gasteiger partial charge in [0.05, 0.1) is 30.0 Å². The molecule has 3 aromatic rings. The van der Waals surface area contributed by atoms with Crippen LogP contribution in [0, 0.1) is 0 Å². The minimum Gasteiger partial charge on any atom is -0.371 e. The number of hydrogen-bond donors (Lipinski definition) is 2. The number of amides is 1. The number of benzene rings is 1. The molecular weight excluding hydrogens is 401 g/mol. The van der Waals surface area contributed by atoms with Gasteiger partial charge in [0.25, 0.3) is 5.91 Å². The van der Waals surface area contributed by atoms with E-state index in [2.05, 4.69) is 25.7 Å². The monoisotopic (exact) mass is 418 g/mol. The number of nitrogens with zero attached hydrogens (tertiary/aromatic N) is 4. The van der Waals surface area contributed by atoms with Gasteiger partial charge in [0.2, 0.25) is 5.95 Å². The van der Waals surface area contributed by atoms with E-state index in [1.807, 2.05) is 12.1 Å². The fourth-order valence-corrected chi connectivity index (χ4v) is 2.90. The van der Waals surface area contributed by atoms with Crippen molar-refractivity contribution in [3.8, 4) is 5.95 Å². The lowest BCUT2D eigenvalue weighted by molar-refractivity contribution is -0.138. The standard InChI is InChI=1S/C19H17F3N6O2/c20-19(21,22)14-8-24-18(25-9-14)28-11-13(7-26-28)17(29)27-15-3-1-12(2-4-15)16-10-23-5-6-30-16/h1-4,7-9,11,16,23H,5-6,10H2,(H,27,29). The second kappa shape index (κ2) is 8.20. The Morgan fingerprint density at radius 2 is 1.90 bits per heavy atom. The van der Waals surface area contributed by atoms with Crippen LogP contribution in [0.3, 0.4) is 0 Å². The van der Waals surface area contributed by atoms with E-state index in [1.165, 1.54) is 12.4 Å². The highest BCUT2D eigenvalue weighted by Crippen LogP contribution is 2.28. The van der Waals surface area contributed by atoms with E-state index in [1.54, 1.807) is 12.1 Å². The third-order valence-corrected chi connectivity index (χ3v) is 4.48. The molecule has 1 amide bonds. The van der Waals surface area contributed by atoms with Crippen molar-refractivity contribution in [3.63, 3.8) is 0 Å². The predicted molar refractivity (Wildman–Crippen MR) is 100 cm³/mol. The Hall–Kier alpha value is -3.31. The fraction of sp³-hybridized carbons (Fsp3) is 0.263. The number of alkyl halides is 3. The van der Waals surface area contributed by atoms with Crippen LogP contribution in [0.15, 0.2) is 49.1 Å². The predicted octanol–water partition coefficient (Wildman–Crippen LogP) is 2.59. The maximum atomic E-state index is 12.6. The van der Waals surface area contributed by atoms with Crippen molar-refractivity contribution >= 4 is 11.6 Å². The molecule has 0 bridgehead atoms. The van der Waals surface area contributed by atoms with Crippen LogP contribution in [0.25, 0.3) is 5.95 Å². The zero-order valence-corrected chi connectivity index (χ0v) is 15.6. The number of halogens is 3. The van der Waals surface area contributed by atoms with E-state index in [4.69, 9.17) is 4.74 Å². The highest BCUT2D eigenvalue weighted by Gasteiger charge is 2.31. The van der Waals surface area contributed by atoms with E-state index in [0.29, 0.717) is 24.7 Å². The van der Waals surface area contributed by atoms with E-state index in [0.717, 1.165) is 23.3 Å². The van der Waals surface area contributed by atoms with Crippen molar-refractivity contribution in [1.29, 1.82) is 0 Å². The lowest BCUT2D eigenvalue weighted by Crippen LogP contribution is -2.33. The van der Waals surface area contributed by atoms with Gasteiger partial charge in [0.15, 0.2) is 0 Å². The van der Waals surface area contributed by atoms with Gasteiger partial charge in [-0.1, -0.05) is 12.1 Å². The van der Waals surface area contributed by atoms with Gasteiger partial charge in [-0.05, 0) is 17.7 Å². The van der Waals surface area contributed by atoms with E-state index in [-0.39, 0.29) is 17.6 Å². The van der Waals surface area contributed by atoms with Gasteiger partial charge in [0, 0.05) is 37.4 Å². The number of carbonyl (C=O) groups is 1. The maximum Gasteiger partial charge on any atom is 0.419 e. The first kappa shape index (κ1) is 20.0. The van der Waals surface area contributed by atoms with Gasteiger partial charge in [-0.25, -0.2) is 14.6 Å². The number of rotatable bonds is 4. The highest BCUT2D eigenvalue weighted by molar-refractivity contribution is 6.03. The number of ether oxygens (including phenoxy) is 1. The summed E-state index contributed by atoms with van der Waals surface area (Å²) in [4.78, 5) is 19.7. The van der Waals surface area contributed by atoms with Crippen LogP contribution in [0.2, 0.25) is 0 Å². The van der Waals surface area contributed by atoms with Crippen LogP contribution in [-0.4, -0.2) is 45.4 Å². The number of aromatic nitrogens is 4. The van der Waals surface area contributed by atoms with Gasteiger partial charge in [-0.3, -0.25) is 4.79 Å². The first-order valence-corrected chi connectivity index (χ1v) is 9.08. The number of anilines is 1. The summed E-state index contributed by atoms with van der Waals surface area (Å²) in [5.41, 5.74) is 0.843. The van der Waals surface area contributed by atoms with Gasteiger partial charge < -0.3 is 15.4 Å². The Morgan fingerprint density at radius 1 is 1.17 bits per heavy atom. The quantitative estimate of drug-likeness (QED) is 0.677. The number of hydrogen-bond acceptors (Lipinski definition) is 6. The van der Waals surface area contributed by atoms with E-state index < -0.39 is 17.6 Å². The van der Waals surface area contributed by atoms with Crippen molar-refractivity contribution in [2.75, 3.05) is 25.0 Å². The van der Waals surface area contributed by atoms with Gasteiger partial charge in [-0.15, -0.1) is 0 Å². The number of carbonyl (C=O) groups excluding carboxylic acids is 1. The first-order chi connectivity index (χ1) is 14.4. The van der Waals surface area contributed by atoms with Crippen molar-refractivity contribution < 1.29 is 22.7 Å². The van der Waals surface area contributed by atoms with Crippen LogP contribution in [0.4, 0.5) is 18.9 Å². The van der Waals surface area contributed by atoms with Crippen molar-refractivity contribution in [2.24, 2.45) is 0 Å². The first-order valence-electron chi connectivity index (χ1n) is 9.08. The summed E-state index contributed by atoms with van der Waals surface area (Å²) in [7, 11) is 0. The SMILES string of the molecule is O=C(Nc1ccc(C2CNCCO2)cc1)c1cnn(-c2ncc(C(F)(F)F)cn2)c1. The molecule has 2 aromatic heterocycles. The molecule has 0 aliphatic carbocycles. The molecule has 1 aliphatic heterocycles. The molecule has 0 saturated carbocycles. The summed E-state index contributed by atoms with van der Waals surface area (Å²) in [6.45, 7) is 2.21. The second-order valence-corrected chi connectivity index (χ2v) is 6.58. The molecule has 0 radical (unpaired) electrons. The van der Waals surface area contributed by atoms with Crippen LogP contribution in [0.5, 0.6) is 0 Å². The minimum absolute atomic E-state index is 0.0227. The third-order valence-electron chi connectivity index (χ3n) is 4.48. The molecule has 30 heavy (non-hydrogen) atoms. The van der Waals surface area contributed by atoms with Crippen molar-refractivity contribution in [1.82, 2.24) is 25.1 Å². The molecule has 1 aliphatic rings. The van der Waals surface area contributed by atoms with E-state index in [9.17, 15) is 18.0 Å². The zero-order valence-electron chi connectivity index (χ0n) is 15.6. The highest BCUT2D eigenvalue weighted by atomic mass is 19.4. The average Bonchev–Trinajstić information content (AvgIpc) is 3.25. The van der Waals surface area contributed by atoms with Gasteiger partial charge >= 0.3 is 6.18 Å². The van der Waals surface area contributed by atoms with Crippen LogP contribution in [-0.2, 0) is 10.9 Å². The topological polar surface area (TPSA) is 94.0 Å². The summed E-state index contributed by atoms with van der Waals surface area (Å²) in [5.74, 6) is -0.496. The molecular formula is C19H17F3N6O2. The molecule has 2 N–H and O–H groups in total. The number of nitrogens with one attached hydrogen (secondary N) is 2. The molecule has 1 fully saturated rings. The molecule has 3 heterocycles. The zero-order chi connectivity index (χ0) is 21.1. The smallest absolute Gasteiger partial charge is 0.371 e. The normalized spacial score (nSPS) is 17.0. The van der Waals surface area contributed by atoms with Crippen molar-refractivity contribution in [2.45, 2.75) is 12.3 Å². The Bertz CT molecular complexity index is 1010. The van der Waals surface area contributed by atoms with Crippen LogP contribution in [0.1, 0.15) is 27.6 Å². The number of morpholine rings is 1. The Morgan fingerprint density at radius 3 is 2.53 bits per heavy atom. The largest absolute Gasteiger partial charge is 0.419 e. The summed E-state index contributed by atoms with van der Waals surface area (Å²) >= 11 is 0. The van der Waals surface area contributed by atoms with Gasteiger partial charge in [-0.2, -0.15) is 18.3 Å². The molecule has 1 atom stereocenters. The maximum absolute atomic E-state index is 12.6. The lowest BCUT2D eigenvalue weighted by atomic mass is 10.1. The van der Waals surface area contributed by atoms with Crippen LogP contribution < -0.4 is 10.6 Å². The average molecular weight is 418 g/mol. The molecule has 1 unspecified atom stereocenters. The second-order valence-electron chi connectivity index (χ2n) is 6.58. The van der Waals surface area contributed by atoms with E-state index >= 15 is 0 Å². The summed E-state index contributed by atoms with van der Waals surface area (Å²) < 4.78 is 44.6. The molecule has 8 nitrogen and oxygen atoms in total. The molecule has 1 saturated heterocycles. The molecule has 11 heteroatoms.